The molecule has 0 bridgehead atoms. The van der Waals surface area contributed by atoms with Crippen LogP contribution in [0.4, 0.5) is 14.5 Å². The van der Waals surface area contributed by atoms with Crippen molar-refractivity contribution < 1.29 is 13.6 Å². The largest absolute Gasteiger partial charge is 0.365 e. The molecule has 0 spiro atoms. The molecule has 156 valence electrons. The van der Waals surface area contributed by atoms with Crippen molar-refractivity contribution in [1.29, 1.82) is 0 Å². The number of piperazine rings is 1. The van der Waals surface area contributed by atoms with Crippen molar-refractivity contribution in [1.82, 2.24) is 19.9 Å². The SMILES string of the molecule is Cc1nc2ccc(CN3CCN(c4ccc(C(N)=O)nc4F)CC3)c(F)c2[nH]c1=O. The lowest BCUT2D eigenvalue weighted by atomic mass is 10.1. The van der Waals surface area contributed by atoms with Crippen molar-refractivity contribution in [3.63, 3.8) is 0 Å². The van der Waals surface area contributed by atoms with Gasteiger partial charge in [0.15, 0.2) is 5.82 Å². The van der Waals surface area contributed by atoms with E-state index in [0.29, 0.717) is 49.5 Å². The third-order valence-electron chi connectivity index (χ3n) is 5.24. The lowest BCUT2D eigenvalue weighted by Crippen LogP contribution is -2.46. The summed E-state index contributed by atoms with van der Waals surface area (Å²) in [7, 11) is 0. The number of halogens is 2. The second kappa shape index (κ2) is 7.79. The molecule has 3 N–H and O–H groups in total. The van der Waals surface area contributed by atoms with E-state index in [0.717, 1.165) is 0 Å². The van der Waals surface area contributed by atoms with Gasteiger partial charge in [0, 0.05) is 38.3 Å². The summed E-state index contributed by atoms with van der Waals surface area (Å²) in [5, 5.41) is 0. The van der Waals surface area contributed by atoms with Gasteiger partial charge in [0.2, 0.25) is 5.95 Å². The number of aromatic amines is 1. The summed E-state index contributed by atoms with van der Waals surface area (Å²) in [6.07, 6.45) is 0. The molecule has 0 aliphatic carbocycles. The highest BCUT2D eigenvalue weighted by atomic mass is 19.1. The fourth-order valence-corrected chi connectivity index (χ4v) is 3.57. The molecule has 10 heteroatoms. The average molecular weight is 414 g/mol. The molecule has 3 aromatic rings. The molecule has 3 heterocycles. The van der Waals surface area contributed by atoms with Gasteiger partial charge in [-0.3, -0.25) is 14.5 Å². The minimum Gasteiger partial charge on any atom is -0.365 e. The number of carbonyl (C=O) groups is 1. The Bertz CT molecular complexity index is 1190. The first kappa shape index (κ1) is 19.9. The van der Waals surface area contributed by atoms with Crippen LogP contribution in [0.15, 0.2) is 29.1 Å². The Kier molecular flexibility index (Phi) is 5.17. The van der Waals surface area contributed by atoms with Crippen LogP contribution in [0.2, 0.25) is 0 Å². The zero-order chi connectivity index (χ0) is 21.4. The molecule has 0 unspecified atom stereocenters. The quantitative estimate of drug-likeness (QED) is 0.624. The van der Waals surface area contributed by atoms with E-state index in [1.165, 1.54) is 12.1 Å². The van der Waals surface area contributed by atoms with Crippen LogP contribution in [-0.2, 0) is 6.54 Å². The Morgan fingerprint density at radius 1 is 1.13 bits per heavy atom. The minimum absolute atomic E-state index is 0.101. The van der Waals surface area contributed by atoms with E-state index in [4.69, 9.17) is 5.73 Å². The standard InChI is InChI=1S/C20H20F2N6O2/c1-11-20(30)26-17-13(24-11)3-2-12(16(17)21)10-27-6-8-28(9-7-27)15-5-4-14(19(23)29)25-18(15)22/h2-5H,6-10H2,1H3,(H2,23,29)(H,26,30). The lowest BCUT2D eigenvalue weighted by Gasteiger charge is -2.36. The van der Waals surface area contributed by atoms with Crippen molar-refractivity contribution >= 4 is 22.6 Å². The molecule has 1 amide bonds. The zero-order valence-electron chi connectivity index (χ0n) is 16.3. The van der Waals surface area contributed by atoms with Gasteiger partial charge in [-0.2, -0.15) is 4.39 Å². The molecule has 0 saturated carbocycles. The third-order valence-corrected chi connectivity index (χ3v) is 5.24. The van der Waals surface area contributed by atoms with Gasteiger partial charge in [0.25, 0.3) is 11.5 Å². The number of fused-ring (bicyclic) bond motifs is 1. The van der Waals surface area contributed by atoms with Crippen LogP contribution in [0.25, 0.3) is 11.0 Å². The van der Waals surface area contributed by atoms with E-state index >= 15 is 0 Å². The molecule has 4 rings (SSSR count). The number of pyridine rings is 1. The molecule has 1 aromatic carbocycles. The number of benzene rings is 1. The number of aromatic nitrogens is 3. The molecule has 8 nitrogen and oxygen atoms in total. The number of anilines is 1. The number of amides is 1. The summed E-state index contributed by atoms with van der Waals surface area (Å²) in [6.45, 7) is 4.12. The van der Waals surface area contributed by atoms with Gasteiger partial charge in [-0.15, -0.1) is 0 Å². The second-order valence-electron chi connectivity index (χ2n) is 7.22. The highest BCUT2D eigenvalue weighted by Gasteiger charge is 2.22. The number of nitrogens with zero attached hydrogens (tertiary/aromatic N) is 4. The Morgan fingerprint density at radius 2 is 1.87 bits per heavy atom. The Balaban J connectivity index is 1.46. The van der Waals surface area contributed by atoms with E-state index in [1.54, 1.807) is 19.1 Å². The Morgan fingerprint density at radius 3 is 2.53 bits per heavy atom. The predicted octanol–water partition coefficient (Wildman–Crippen LogP) is 1.33. The number of rotatable bonds is 4. The number of primary amides is 1. The maximum Gasteiger partial charge on any atom is 0.269 e. The number of hydrogen-bond acceptors (Lipinski definition) is 6. The van der Waals surface area contributed by atoms with Crippen molar-refractivity contribution in [3.8, 4) is 0 Å². The van der Waals surface area contributed by atoms with E-state index in [2.05, 4.69) is 15.0 Å². The molecule has 30 heavy (non-hydrogen) atoms. The summed E-state index contributed by atoms with van der Waals surface area (Å²) in [5.74, 6) is -2.02. The van der Waals surface area contributed by atoms with Crippen molar-refractivity contribution in [2.45, 2.75) is 13.5 Å². The highest BCUT2D eigenvalue weighted by molar-refractivity contribution is 5.90. The smallest absolute Gasteiger partial charge is 0.269 e. The zero-order valence-corrected chi connectivity index (χ0v) is 16.3. The van der Waals surface area contributed by atoms with Gasteiger partial charge in [0.1, 0.15) is 16.9 Å². The third kappa shape index (κ3) is 3.73. The molecule has 1 saturated heterocycles. The first-order valence-corrected chi connectivity index (χ1v) is 9.45. The van der Waals surface area contributed by atoms with Gasteiger partial charge in [0.05, 0.1) is 11.2 Å². The molecular weight excluding hydrogens is 394 g/mol. The number of nitrogens with two attached hydrogens (primary N) is 1. The summed E-state index contributed by atoms with van der Waals surface area (Å²) < 4.78 is 29.1. The minimum atomic E-state index is -0.783. The lowest BCUT2D eigenvalue weighted by molar-refractivity contribution is 0.0994. The van der Waals surface area contributed by atoms with Crippen LogP contribution in [-0.4, -0.2) is 51.9 Å². The van der Waals surface area contributed by atoms with Crippen LogP contribution >= 0.6 is 0 Å². The molecule has 0 atom stereocenters. The number of nitrogens with one attached hydrogen (secondary N) is 1. The van der Waals surface area contributed by atoms with E-state index < -0.39 is 23.2 Å². The molecule has 2 aromatic heterocycles. The normalized spacial score (nSPS) is 15.0. The number of hydrogen-bond donors (Lipinski definition) is 2. The van der Waals surface area contributed by atoms with Crippen LogP contribution in [0, 0.1) is 18.7 Å². The van der Waals surface area contributed by atoms with Crippen molar-refractivity contribution in [3.05, 3.63) is 63.3 Å². The highest BCUT2D eigenvalue weighted by Crippen LogP contribution is 2.22. The number of aryl methyl sites for hydroxylation is 1. The maximum absolute atomic E-state index is 14.9. The van der Waals surface area contributed by atoms with Gasteiger partial charge >= 0.3 is 0 Å². The molecule has 0 radical (unpaired) electrons. The van der Waals surface area contributed by atoms with Crippen molar-refractivity contribution in [2.75, 3.05) is 31.1 Å². The van der Waals surface area contributed by atoms with E-state index in [9.17, 15) is 18.4 Å². The number of carbonyl (C=O) groups excluding carboxylic acids is 1. The van der Waals surface area contributed by atoms with Crippen molar-refractivity contribution in [2.24, 2.45) is 5.73 Å². The Labute approximate surface area is 170 Å². The molecule has 1 fully saturated rings. The van der Waals surface area contributed by atoms with Gasteiger partial charge < -0.3 is 15.6 Å². The first-order chi connectivity index (χ1) is 14.3. The average Bonchev–Trinajstić information content (AvgIpc) is 2.72. The van der Waals surface area contributed by atoms with E-state index in [-0.39, 0.29) is 16.9 Å². The Hall–Kier alpha value is -3.40. The molecule has 1 aliphatic rings. The molecule has 1 aliphatic heterocycles. The number of H-pyrrole nitrogens is 1. The topological polar surface area (TPSA) is 108 Å². The van der Waals surface area contributed by atoms with Gasteiger partial charge in [-0.25, -0.2) is 14.4 Å². The van der Waals surface area contributed by atoms with E-state index in [1.807, 2.05) is 9.80 Å². The molecular formula is C20H20F2N6O2. The first-order valence-electron chi connectivity index (χ1n) is 9.45. The van der Waals surface area contributed by atoms with Gasteiger partial charge in [-0.05, 0) is 25.1 Å². The fraction of sp³-hybridized carbons (Fsp3) is 0.300. The van der Waals surface area contributed by atoms with Crippen LogP contribution in [0.5, 0.6) is 0 Å². The predicted molar refractivity (Wildman–Crippen MR) is 107 cm³/mol. The fourth-order valence-electron chi connectivity index (χ4n) is 3.57. The van der Waals surface area contributed by atoms with Gasteiger partial charge in [-0.1, -0.05) is 6.07 Å². The monoisotopic (exact) mass is 414 g/mol. The maximum atomic E-state index is 14.9. The van der Waals surface area contributed by atoms with Crippen LogP contribution in [0.1, 0.15) is 21.7 Å². The van der Waals surface area contributed by atoms with Crippen LogP contribution < -0.4 is 16.2 Å². The summed E-state index contributed by atoms with van der Waals surface area (Å²) in [5.41, 5.74) is 6.14. The summed E-state index contributed by atoms with van der Waals surface area (Å²) in [4.78, 5) is 37.0. The second-order valence-corrected chi connectivity index (χ2v) is 7.22. The summed E-state index contributed by atoms with van der Waals surface area (Å²) in [6, 6.07) is 6.25. The van der Waals surface area contributed by atoms with Crippen LogP contribution in [0.3, 0.4) is 0 Å². The summed E-state index contributed by atoms with van der Waals surface area (Å²) >= 11 is 0.